The molecular formula is C13H16ClNO4. The highest BCUT2D eigenvalue weighted by atomic mass is 35.5. The van der Waals surface area contributed by atoms with Crippen molar-refractivity contribution in [2.24, 2.45) is 0 Å². The molecule has 0 aromatic heterocycles. The third-order valence-electron chi connectivity index (χ3n) is 2.30. The van der Waals surface area contributed by atoms with Crippen LogP contribution >= 0.6 is 11.6 Å². The van der Waals surface area contributed by atoms with Crippen LogP contribution in [0.15, 0.2) is 30.3 Å². The molecular weight excluding hydrogens is 270 g/mol. The average molecular weight is 286 g/mol. The van der Waals surface area contributed by atoms with E-state index in [9.17, 15) is 9.59 Å². The summed E-state index contributed by atoms with van der Waals surface area (Å²) in [7, 11) is 0. The molecule has 1 N–H and O–H groups in total. The summed E-state index contributed by atoms with van der Waals surface area (Å²) in [4.78, 5) is 22.9. The Kier molecular flexibility index (Phi) is 6.32. The Morgan fingerprint density at radius 1 is 1.32 bits per heavy atom. The Labute approximate surface area is 116 Å². The highest BCUT2D eigenvalue weighted by molar-refractivity contribution is 6.64. The van der Waals surface area contributed by atoms with Crippen molar-refractivity contribution < 1.29 is 19.1 Å². The van der Waals surface area contributed by atoms with Crippen LogP contribution in [0.5, 0.6) is 0 Å². The van der Waals surface area contributed by atoms with Crippen molar-refractivity contribution in [2.75, 3.05) is 6.61 Å². The monoisotopic (exact) mass is 285 g/mol. The van der Waals surface area contributed by atoms with E-state index in [2.05, 4.69) is 5.32 Å². The summed E-state index contributed by atoms with van der Waals surface area (Å²) in [6.07, 6.45) is -1.45. The predicted molar refractivity (Wildman–Crippen MR) is 70.7 cm³/mol. The molecule has 5 nitrogen and oxygen atoms in total. The molecule has 2 atom stereocenters. The van der Waals surface area contributed by atoms with Crippen LogP contribution in [0.2, 0.25) is 0 Å². The second-order valence-corrected chi connectivity index (χ2v) is 4.09. The topological polar surface area (TPSA) is 64.6 Å². The maximum absolute atomic E-state index is 11.6. The first-order valence-corrected chi connectivity index (χ1v) is 6.25. The van der Waals surface area contributed by atoms with Crippen molar-refractivity contribution in [3.8, 4) is 0 Å². The lowest BCUT2D eigenvalue weighted by Crippen LogP contribution is -2.34. The first-order chi connectivity index (χ1) is 9.04. The smallest absolute Gasteiger partial charge is 0.410 e. The zero-order valence-corrected chi connectivity index (χ0v) is 11.5. The molecule has 0 saturated carbocycles. The van der Waals surface area contributed by atoms with Crippen LogP contribution in [-0.4, -0.2) is 24.2 Å². The van der Waals surface area contributed by atoms with E-state index in [4.69, 9.17) is 21.1 Å². The van der Waals surface area contributed by atoms with Crippen LogP contribution in [0.4, 0.5) is 4.79 Å². The SMILES string of the molecule is CCOC(C)OC(=O)NC(C(=O)Cl)c1ccccc1. The van der Waals surface area contributed by atoms with Gasteiger partial charge in [0.2, 0.25) is 11.5 Å². The van der Waals surface area contributed by atoms with E-state index in [0.29, 0.717) is 12.2 Å². The summed E-state index contributed by atoms with van der Waals surface area (Å²) < 4.78 is 9.97. The van der Waals surface area contributed by atoms with Gasteiger partial charge in [-0.15, -0.1) is 0 Å². The molecule has 1 rings (SSSR count). The Bertz CT molecular complexity index is 424. The lowest BCUT2D eigenvalue weighted by molar-refractivity contribution is -0.114. The molecule has 0 fully saturated rings. The molecule has 1 amide bonds. The standard InChI is InChI=1S/C13H16ClNO4/c1-3-18-9(2)19-13(17)15-11(12(14)16)10-7-5-4-6-8-10/h4-9,11H,3H2,1-2H3,(H,15,17). The molecule has 1 aromatic carbocycles. The van der Waals surface area contributed by atoms with Crippen molar-refractivity contribution in [3.63, 3.8) is 0 Å². The molecule has 0 spiro atoms. The molecule has 0 heterocycles. The first kappa shape index (κ1) is 15.5. The van der Waals surface area contributed by atoms with E-state index in [-0.39, 0.29) is 0 Å². The minimum Gasteiger partial charge on any atom is -0.420 e. The van der Waals surface area contributed by atoms with Crippen LogP contribution in [0, 0.1) is 0 Å². The van der Waals surface area contributed by atoms with Crippen LogP contribution in [0.25, 0.3) is 0 Å². The van der Waals surface area contributed by atoms with Gasteiger partial charge >= 0.3 is 6.09 Å². The Hall–Kier alpha value is -1.59. The molecule has 0 radical (unpaired) electrons. The highest BCUT2D eigenvalue weighted by Crippen LogP contribution is 2.15. The van der Waals surface area contributed by atoms with Gasteiger partial charge in [0.25, 0.3) is 0 Å². The largest absolute Gasteiger partial charge is 0.420 e. The summed E-state index contributed by atoms with van der Waals surface area (Å²) >= 11 is 5.48. The maximum atomic E-state index is 11.6. The van der Waals surface area contributed by atoms with Gasteiger partial charge < -0.3 is 14.8 Å². The summed E-state index contributed by atoms with van der Waals surface area (Å²) in [6, 6.07) is 7.74. The minimum atomic E-state index is -0.941. The van der Waals surface area contributed by atoms with Gasteiger partial charge in [0.05, 0.1) is 0 Å². The molecule has 6 heteroatoms. The zero-order chi connectivity index (χ0) is 14.3. The van der Waals surface area contributed by atoms with E-state index in [1.165, 1.54) is 0 Å². The average Bonchev–Trinajstić information content (AvgIpc) is 2.37. The van der Waals surface area contributed by atoms with Gasteiger partial charge in [0, 0.05) is 6.61 Å². The number of benzene rings is 1. The summed E-state index contributed by atoms with van der Waals surface area (Å²) in [5.41, 5.74) is 0.587. The third kappa shape index (κ3) is 5.28. The number of rotatable bonds is 6. The van der Waals surface area contributed by atoms with Crippen molar-refractivity contribution in [1.29, 1.82) is 0 Å². The fourth-order valence-electron chi connectivity index (χ4n) is 1.49. The van der Waals surface area contributed by atoms with Crippen molar-refractivity contribution in [1.82, 2.24) is 5.32 Å². The van der Waals surface area contributed by atoms with E-state index >= 15 is 0 Å². The fourth-order valence-corrected chi connectivity index (χ4v) is 1.67. The number of halogens is 1. The minimum absolute atomic E-state index is 0.422. The lowest BCUT2D eigenvalue weighted by Gasteiger charge is -2.17. The zero-order valence-electron chi connectivity index (χ0n) is 10.8. The molecule has 2 unspecified atom stereocenters. The lowest BCUT2D eigenvalue weighted by atomic mass is 10.1. The van der Waals surface area contributed by atoms with E-state index in [0.717, 1.165) is 0 Å². The van der Waals surface area contributed by atoms with Gasteiger partial charge in [-0.1, -0.05) is 30.3 Å². The van der Waals surface area contributed by atoms with Crippen LogP contribution in [-0.2, 0) is 14.3 Å². The normalized spacial score (nSPS) is 13.4. The molecule has 0 aliphatic carbocycles. The number of ether oxygens (including phenoxy) is 2. The number of hydrogen-bond acceptors (Lipinski definition) is 4. The second kappa shape index (κ2) is 7.76. The van der Waals surface area contributed by atoms with Gasteiger partial charge in [-0.05, 0) is 31.0 Å². The molecule has 0 saturated heterocycles. The highest BCUT2D eigenvalue weighted by Gasteiger charge is 2.22. The molecule has 0 bridgehead atoms. The van der Waals surface area contributed by atoms with Crippen molar-refractivity contribution in [3.05, 3.63) is 35.9 Å². The van der Waals surface area contributed by atoms with Crippen LogP contribution in [0.3, 0.4) is 0 Å². The van der Waals surface area contributed by atoms with Crippen molar-refractivity contribution in [2.45, 2.75) is 26.2 Å². The van der Waals surface area contributed by atoms with E-state index < -0.39 is 23.7 Å². The Morgan fingerprint density at radius 3 is 2.47 bits per heavy atom. The summed E-state index contributed by atoms with van der Waals surface area (Å²) in [6.45, 7) is 3.79. The molecule has 0 aliphatic heterocycles. The Morgan fingerprint density at radius 2 is 1.95 bits per heavy atom. The van der Waals surface area contributed by atoms with Gasteiger partial charge in [-0.3, -0.25) is 4.79 Å². The number of carbonyl (C=O) groups excluding carboxylic acids is 2. The first-order valence-electron chi connectivity index (χ1n) is 5.87. The number of hydrogen-bond donors (Lipinski definition) is 1. The van der Waals surface area contributed by atoms with E-state index in [1.54, 1.807) is 44.2 Å². The molecule has 104 valence electrons. The van der Waals surface area contributed by atoms with E-state index in [1.807, 2.05) is 0 Å². The van der Waals surface area contributed by atoms with Crippen LogP contribution in [0.1, 0.15) is 25.5 Å². The van der Waals surface area contributed by atoms with Crippen molar-refractivity contribution >= 4 is 22.9 Å². The fraction of sp³-hybridized carbons (Fsp3) is 0.385. The van der Waals surface area contributed by atoms with Gasteiger partial charge in [0.15, 0.2) is 0 Å². The maximum Gasteiger partial charge on any atom is 0.410 e. The number of alkyl carbamates (subject to hydrolysis) is 1. The predicted octanol–water partition coefficient (Wildman–Crippen LogP) is 2.60. The molecule has 1 aromatic rings. The summed E-state index contributed by atoms with van der Waals surface area (Å²) in [5.74, 6) is 0. The quantitative estimate of drug-likeness (QED) is 0.644. The van der Waals surface area contributed by atoms with Gasteiger partial charge in [-0.2, -0.15) is 0 Å². The third-order valence-corrected chi connectivity index (χ3v) is 2.51. The number of amides is 1. The number of nitrogens with one attached hydrogen (secondary N) is 1. The second-order valence-electron chi connectivity index (χ2n) is 3.72. The molecule has 19 heavy (non-hydrogen) atoms. The molecule has 0 aliphatic rings. The Balaban J connectivity index is 2.65. The number of carbonyl (C=O) groups is 2. The summed E-state index contributed by atoms with van der Waals surface area (Å²) in [5, 5.41) is 1.71. The van der Waals surface area contributed by atoms with Gasteiger partial charge in [-0.25, -0.2) is 4.79 Å². The van der Waals surface area contributed by atoms with Crippen LogP contribution < -0.4 is 5.32 Å². The van der Waals surface area contributed by atoms with Gasteiger partial charge in [0.1, 0.15) is 6.04 Å².